The number of aromatic nitrogens is 1. The Balaban J connectivity index is 1.62. The minimum Gasteiger partial charge on any atom is -0.318 e. The first kappa shape index (κ1) is 20.1. The smallest absolute Gasteiger partial charge is 0.318 e. The first-order chi connectivity index (χ1) is 15.6. The third-order valence-electron chi connectivity index (χ3n) is 6.17. The van der Waals surface area contributed by atoms with Crippen LogP contribution in [0.5, 0.6) is 0 Å². The molecule has 4 aromatic rings. The van der Waals surface area contributed by atoms with E-state index in [1.165, 1.54) is 5.56 Å². The lowest BCUT2D eigenvalue weighted by atomic mass is 9.97. The molecule has 0 fully saturated rings. The molecule has 0 saturated heterocycles. The van der Waals surface area contributed by atoms with Crippen molar-refractivity contribution < 1.29 is 4.79 Å². The van der Waals surface area contributed by atoms with Gasteiger partial charge in [0.2, 0.25) is 0 Å². The van der Waals surface area contributed by atoms with Crippen LogP contribution in [0, 0.1) is 0 Å². The van der Waals surface area contributed by atoms with Crippen LogP contribution in [-0.4, -0.2) is 15.5 Å². The monoisotopic (exact) mass is 421 g/mol. The van der Waals surface area contributed by atoms with Crippen molar-refractivity contribution in [1.82, 2.24) is 9.47 Å². The van der Waals surface area contributed by atoms with E-state index in [-0.39, 0.29) is 12.1 Å². The van der Waals surface area contributed by atoms with Crippen LogP contribution >= 0.6 is 0 Å². The summed E-state index contributed by atoms with van der Waals surface area (Å²) in [5, 5.41) is 3.10. The molecule has 1 aromatic heterocycles. The number of para-hydroxylation sites is 2. The molecule has 32 heavy (non-hydrogen) atoms. The number of carbonyl (C=O) groups excluding carboxylic acids is 1. The third kappa shape index (κ3) is 3.69. The number of amides is 2. The van der Waals surface area contributed by atoms with Crippen molar-refractivity contribution in [2.75, 3.05) is 5.32 Å². The number of nitrogens with zero attached hydrogens (tertiary/aromatic N) is 2. The number of urea groups is 1. The van der Waals surface area contributed by atoms with Gasteiger partial charge in [-0.25, -0.2) is 4.79 Å². The van der Waals surface area contributed by atoms with Crippen molar-refractivity contribution in [3.05, 3.63) is 120 Å². The molecular formula is C28H27N3O. The summed E-state index contributed by atoms with van der Waals surface area (Å²) in [6.45, 7) is 4.91. The predicted octanol–water partition coefficient (Wildman–Crippen LogP) is 6.74. The molecule has 5 rings (SSSR count). The second-order valence-corrected chi connectivity index (χ2v) is 8.58. The van der Waals surface area contributed by atoms with Crippen molar-refractivity contribution in [2.24, 2.45) is 0 Å². The fourth-order valence-corrected chi connectivity index (χ4v) is 4.47. The molecule has 2 amide bonds. The molecule has 0 radical (unpaired) electrons. The van der Waals surface area contributed by atoms with Gasteiger partial charge in [0.05, 0.1) is 18.3 Å². The predicted molar refractivity (Wildman–Crippen MR) is 129 cm³/mol. The summed E-state index contributed by atoms with van der Waals surface area (Å²) in [6.07, 6.45) is 2.09. The molecule has 4 nitrogen and oxygen atoms in total. The van der Waals surface area contributed by atoms with E-state index < -0.39 is 0 Å². The Morgan fingerprint density at radius 2 is 1.59 bits per heavy atom. The van der Waals surface area contributed by atoms with E-state index in [1.54, 1.807) is 0 Å². The molecule has 4 heteroatoms. The van der Waals surface area contributed by atoms with Crippen molar-refractivity contribution in [1.29, 1.82) is 0 Å². The quantitative estimate of drug-likeness (QED) is 0.391. The standard InChI is InChI=1S/C28H27N3O/c1-20(2)21-14-16-22(17-15-21)27-26-13-8-18-30(26)25-12-7-6-9-23(25)19-31(27)28(32)29-24-10-4-3-5-11-24/h3-18,20,27H,19H2,1-2H3,(H,29,32)/t27-/m1/s1. The maximum absolute atomic E-state index is 13.6. The highest BCUT2D eigenvalue weighted by Gasteiger charge is 2.33. The number of hydrogen-bond donors (Lipinski definition) is 1. The van der Waals surface area contributed by atoms with Gasteiger partial charge in [-0.05, 0) is 52.9 Å². The summed E-state index contributed by atoms with van der Waals surface area (Å²) < 4.78 is 2.21. The van der Waals surface area contributed by atoms with Crippen LogP contribution in [0.1, 0.15) is 48.2 Å². The zero-order chi connectivity index (χ0) is 22.1. The molecule has 3 aromatic carbocycles. The van der Waals surface area contributed by atoms with Crippen LogP contribution in [-0.2, 0) is 6.54 Å². The SMILES string of the molecule is CC(C)c1ccc([C@@H]2c3cccn3-c3ccccc3CN2C(=O)Nc2ccccc2)cc1. The van der Waals surface area contributed by atoms with E-state index in [1.807, 2.05) is 41.3 Å². The van der Waals surface area contributed by atoms with Gasteiger partial charge < -0.3 is 14.8 Å². The molecule has 1 atom stereocenters. The van der Waals surface area contributed by atoms with Crippen LogP contribution in [0.4, 0.5) is 10.5 Å². The van der Waals surface area contributed by atoms with Crippen LogP contribution < -0.4 is 5.32 Å². The average molecular weight is 422 g/mol. The molecular weight excluding hydrogens is 394 g/mol. The maximum Gasteiger partial charge on any atom is 0.322 e. The molecule has 0 saturated carbocycles. The van der Waals surface area contributed by atoms with Gasteiger partial charge >= 0.3 is 6.03 Å². The largest absolute Gasteiger partial charge is 0.322 e. The first-order valence-corrected chi connectivity index (χ1v) is 11.1. The van der Waals surface area contributed by atoms with Gasteiger partial charge in [0.25, 0.3) is 0 Å². The van der Waals surface area contributed by atoms with Crippen LogP contribution in [0.3, 0.4) is 0 Å². The highest BCUT2D eigenvalue weighted by atomic mass is 16.2. The minimum absolute atomic E-state index is 0.112. The van der Waals surface area contributed by atoms with Gasteiger partial charge in [-0.15, -0.1) is 0 Å². The normalized spacial score (nSPS) is 15.1. The number of nitrogens with one attached hydrogen (secondary N) is 1. The number of hydrogen-bond acceptors (Lipinski definition) is 1. The summed E-state index contributed by atoms with van der Waals surface area (Å²) in [7, 11) is 0. The average Bonchev–Trinajstić information content (AvgIpc) is 3.24. The number of rotatable bonds is 3. The summed E-state index contributed by atoms with van der Waals surface area (Å²) in [4.78, 5) is 15.6. The topological polar surface area (TPSA) is 37.3 Å². The van der Waals surface area contributed by atoms with Crippen molar-refractivity contribution in [3.63, 3.8) is 0 Å². The van der Waals surface area contributed by atoms with E-state index >= 15 is 0 Å². The molecule has 1 aliphatic heterocycles. The lowest BCUT2D eigenvalue weighted by Crippen LogP contribution is -2.37. The molecule has 160 valence electrons. The number of carbonyl (C=O) groups is 1. The summed E-state index contributed by atoms with van der Waals surface area (Å²) in [5.41, 5.74) is 6.50. The second kappa shape index (κ2) is 8.39. The zero-order valence-electron chi connectivity index (χ0n) is 18.4. The van der Waals surface area contributed by atoms with Crippen molar-refractivity contribution >= 4 is 11.7 Å². The molecule has 0 bridgehead atoms. The van der Waals surface area contributed by atoms with Crippen LogP contribution in [0.25, 0.3) is 5.69 Å². The molecule has 2 heterocycles. The number of anilines is 1. The van der Waals surface area contributed by atoms with Gasteiger partial charge in [0, 0.05) is 17.6 Å². The molecule has 0 spiro atoms. The van der Waals surface area contributed by atoms with E-state index in [0.717, 1.165) is 28.2 Å². The highest BCUT2D eigenvalue weighted by molar-refractivity contribution is 5.90. The van der Waals surface area contributed by atoms with Gasteiger partial charge in [0.15, 0.2) is 0 Å². The van der Waals surface area contributed by atoms with E-state index in [0.29, 0.717) is 12.5 Å². The van der Waals surface area contributed by atoms with Crippen LogP contribution in [0.15, 0.2) is 97.2 Å². The fourth-order valence-electron chi connectivity index (χ4n) is 4.47. The Morgan fingerprint density at radius 3 is 2.34 bits per heavy atom. The van der Waals surface area contributed by atoms with Gasteiger partial charge in [-0.2, -0.15) is 0 Å². The van der Waals surface area contributed by atoms with Crippen LogP contribution in [0.2, 0.25) is 0 Å². The minimum atomic E-state index is -0.206. The lowest BCUT2D eigenvalue weighted by molar-refractivity contribution is 0.194. The third-order valence-corrected chi connectivity index (χ3v) is 6.17. The Kier molecular flexibility index (Phi) is 5.28. The summed E-state index contributed by atoms with van der Waals surface area (Å²) in [6, 6.07) is 30.5. The molecule has 0 aliphatic carbocycles. The Hall–Kier alpha value is -3.79. The summed E-state index contributed by atoms with van der Waals surface area (Å²) >= 11 is 0. The molecule has 0 unspecified atom stereocenters. The van der Waals surface area contributed by atoms with E-state index in [4.69, 9.17) is 0 Å². The van der Waals surface area contributed by atoms with Crippen molar-refractivity contribution in [2.45, 2.75) is 32.4 Å². The Bertz CT molecular complexity index is 1230. The highest BCUT2D eigenvalue weighted by Crippen LogP contribution is 2.37. The summed E-state index contributed by atoms with van der Waals surface area (Å²) in [5.74, 6) is 0.462. The first-order valence-electron chi connectivity index (χ1n) is 11.1. The maximum atomic E-state index is 13.6. The fraction of sp³-hybridized carbons (Fsp3) is 0.179. The zero-order valence-corrected chi connectivity index (χ0v) is 18.4. The Morgan fingerprint density at radius 1 is 0.875 bits per heavy atom. The Labute approximate surface area is 189 Å². The van der Waals surface area contributed by atoms with E-state index in [9.17, 15) is 4.79 Å². The molecule has 1 aliphatic rings. The van der Waals surface area contributed by atoms with Gasteiger partial charge in [-0.1, -0.05) is 74.5 Å². The second-order valence-electron chi connectivity index (χ2n) is 8.58. The lowest BCUT2D eigenvalue weighted by Gasteiger charge is -2.31. The van der Waals surface area contributed by atoms with Gasteiger partial charge in [-0.3, -0.25) is 0 Å². The van der Waals surface area contributed by atoms with Gasteiger partial charge in [0.1, 0.15) is 0 Å². The molecule has 1 N–H and O–H groups in total. The number of benzene rings is 3. The van der Waals surface area contributed by atoms with E-state index in [2.05, 4.69) is 84.5 Å². The number of fused-ring (bicyclic) bond motifs is 3. The van der Waals surface area contributed by atoms with Crippen molar-refractivity contribution in [3.8, 4) is 5.69 Å².